The highest BCUT2D eigenvalue weighted by molar-refractivity contribution is 7.99. The lowest BCUT2D eigenvalue weighted by molar-refractivity contribution is 0.0772. The molecule has 0 aliphatic carbocycles. The minimum Gasteiger partial charge on any atom is -0.489 e. The summed E-state index contributed by atoms with van der Waals surface area (Å²) in [5.41, 5.74) is 0.575. The van der Waals surface area contributed by atoms with Crippen molar-refractivity contribution < 1.29 is 14.3 Å². The Kier molecular flexibility index (Phi) is 4.27. The summed E-state index contributed by atoms with van der Waals surface area (Å²) in [6, 6.07) is 3.43. The Labute approximate surface area is 127 Å². The summed E-state index contributed by atoms with van der Waals surface area (Å²) in [5, 5.41) is 0.444. The molecule has 2 heterocycles. The number of rotatable bonds is 1. The van der Waals surface area contributed by atoms with Crippen LogP contribution < -0.4 is 9.47 Å². The number of halogens is 1. The highest BCUT2D eigenvalue weighted by atomic mass is 35.5. The molecule has 108 valence electrons. The first-order chi connectivity index (χ1) is 9.75. The standard InChI is InChI=1S/C14H16ClNO3S/c15-11-8-10(14(17)16-2-6-20-7-3-16)9-12-13(11)19-5-1-4-18-12/h8-9H,1-7H2. The molecular formula is C14H16ClNO3S. The van der Waals surface area contributed by atoms with Gasteiger partial charge in [0.15, 0.2) is 11.5 Å². The van der Waals surface area contributed by atoms with E-state index < -0.39 is 0 Å². The van der Waals surface area contributed by atoms with Crippen LogP contribution in [0.1, 0.15) is 16.8 Å². The maximum Gasteiger partial charge on any atom is 0.254 e. The molecule has 0 atom stereocenters. The molecule has 0 saturated carbocycles. The molecule has 2 aliphatic rings. The maximum atomic E-state index is 12.5. The predicted molar refractivity (Wildman–Crippen MR) is 80.3 cm³/mol. The number of ether oxygens (including phenoxy) is 2. The third kappa shape index (κ3) is 2.83. The molecule has 1 amide bonds. The predicted octanol–water partition coefficient (Wildman–Crippen LogP) is 2.69. The molecule has 20 heavy (non-hydrogen) atoms. The van der Waals surface area contributed by atoms with Gasteiger partial charge in [-0.05, 0) is 12.1 Å². The number of amides is 1. The number of fused-ring (bicyclic) bond motifs is 1. The Morgan fingerprint density at radius 2 is 1.95 bits per heavy atom. The molecule has 1 saturated heterocycles. The zero-order valence-electron chi connectivity index (χ0n) is 11.1. The van der Waals surface area contributed by atoms with Gasteiger partial charge in [-0.2, -0.15) is 11.8 Å². The van der Waals surface area contributed by atoms with E-state index in [2.05, 4.69) is 0 Å². The van der Waals surface area contributed by atoms with E-state index in [1.165, 1.54) is 0 Å². The van der Waals surface area contributed by atoms with E-state index in [0.29, 0.717) is 35.3 Å². The number of carbonyl (C=O) groups excluding carboxylic acids is 1. The lowest BCUT2D eigenvalue weighted by atomic mass is 10.1. The third-order valence-corrected chi connectivity index (χ3v) is 4.57. The normalized spacial score (nSPS) is 18.6. The van der Waals surface area contributed by atoms with E-state index in [9.17, 15) is 4.79 Å². The van der Waals surface area contributed by atoms with Crippen LogP contribution >= 0.6 is 23.4 Å². The van der Waals surface area contributed by atoms with Crippen LogP contribution in [0.25, 0.3) is 0 Å². The van der Waals surface area contributed by atoms with Crippen LogP contribution in [-0.4, -0.2) is 48.6 Å². The van der Waals surface area contributed by atoms with Crippen molar-refractivity contribution in [2.75, 3.05) is 37.8 Å². The van der Waals surface area contributed by atoms with Crippen molar-refractivity contribution in [3.63, 3.8) is 0 Å². The summed E-state index contributed by atoms with van der Waals surface area (Å²) < 4.78 is 11.2. The second-order valence-electron chi connectivity index (χ2n) is 4.74. The van der Waals surface area contributed by atoms with Gasteiger partial charge in [0.1, 0.15) is 0 Å². The fraction of sp³-hybridized carbons (Fsp3) is 0.500. The second-order valence-corrected chi connectivity index (χ2v) is 6.37. The van der Waals surface area contributed by atoms with Gasteiger partial charge in [0.05, 0.1) is 18.2 Å². The summed E-state index contributed by atoms with van der Waals surface area (Å²) in [6.45, 7) is 2.75. The zero-order chi connectivity index (χ0) is 13.9. The monoisotopic (exact) mass is 313 g/mol. The van der Waals surface area contributed by atoms with Crippen molar-refractivity contribution >= 4 is 29.3 Å². The van der Waals surface area contributed by atoms with Gasteiger partial charge in [0.25, 0.3) is 5.91 Å². The van der Waals surface area contributed by atoms with Crippen LogP contribution in [0.4, 0.5) is 0 Å². The molecule has 1 aromatic rings. The second kappa shape index (κ2) is 6.14. The topological polar surface area (TPSA) is 38.8 Å². The Morgan fingerprint density at radius 1 is 1.20 bits per heavy atom. The fourth-order valence-electron chi connectivity index (χ4n) is 2.30. The first kappa shape index (κ1) is 13.9. The van der Waals surface area contributed by atoms with Crippen molar-refractivity contribution in [2.24, 2.45) is 0 Å². The molecule has 1 aromatic carbocycles. The smallest absolute Gasteiger partial charge is 0.254 e. The molecule has 4 nitrogen and oxygen atoms in total. The van der Waals surface area contributed by atoms with E-state index in [0.717, 1.165) is 31.0 Å². The molecule has 0 spiro atoms. The lowest BCUT2D eigenvalue weighted by Crippen LogP contribution is -2.37. The van der Waals surface area contributed by atoms with E-state index in [-0.39, 0.29) is 5.91 Å². The van der Waals surface area contributed by atoms with Gasteiger partial charge in [-0.1, -0.05) is 11.6 Å². The molecule has 0 bridgehead atoms. The summed E-state index contributed by atoms with van der Waals surface area (Å²) >= 11 is 8.10. The van der Waals surface area contributed by atoms with Crippen molar-refractivity contribution in [2.45, 2.75) is 6.42 Å². The molecule has 6 heteroatoms. The maximum absolute atomic E-state index is 12.5. The van der Waals surface area contributed by atoms with E-state index in [1.54, 1.807) is 12.1 Å². The zero-order valence-corrected chi connectivity index (χ0v) is 12.6. The molecule has 0 N–H and O–H groups in total. The minimum atomic E-state index is 0.0165. The van der Waals surface area contributed by atoms with Crippen LogP contribution in [0.5, 0.6) is 11.5 Å². The van der Waals surface area contributed by atoms with Gasteiger partial charge in [-0.3, -0.25) is 4.79 Å². The Balaban J connectivity index is 1.88. The van der Waals surface area contributed by atoms with E-state index >= 15 is 0 Å². The van der Waals surface area contributed by atoms with Gasteiger partial charge in [0, 0.05) is 36.6 Å². The summed E-state index contributed by atoms with van der Waals surface area (Å²) in [5.74, 6) is 3.12. The molecule has 0 radical (unpaired) electrons. The van der Waals surface area contributed by atoms with Crippen LogP contribution in [0, 0.1) is 0 Å². The summed E-state index contributed by atoms with van der Waals surface area (Å²) in [6.07, 6.45) is 0.817. The molecule has 2 aliphatic heterocycles. The largest absolute Gasteiger partial charge is 0.489 e. The quantitative estimate of drug-likeness (QED) is 0.799. The number of hydrogen-bond donors (Lipinski definition) is 0. The van der Waals surface area contributed by atoms with Crippen LogP contribution in [-0.2, 0) is 0 Å². The van der Waals surface area contributed by atoms with Crippen molar-refractivity contribution in [1.82, 2.24) is 4.90 Å². The first-order valence-corrected chi connectivity index (χ1v) is 8.25. The van der Waals surface area contributed by atoms with Crippen molar-refractivity contribution in [1.29, 1.82) is 0 Å². The molecule has 0 unspecified atom stereocenters. The van der Waals surface area contributed by atoms with E-state index in [1.807, 2.05) is 16.7 Å². The lowest BCUT2D eigenvalue weighted by Gasteiger charge is -2.26. The third-order valence-electron chi connectivity index (χ3n) is 3.35. The number of hydrogen-bond acceptors (Lipinski definition) is 4. The highest BCUT2D eigenvalue weighted by Crippen LogP contribution is 2.38. The van der Waals surface area contributed by atoms with Crippen molar-refractivity contribution in [3.05, 3.63) is 22.7 Å². The minimum absolute atomic E-state index is 0.0165. The van der Waals surface area contributed by atoms with Gasteiger partial charge >= 0.3 is 0 Å². The first-order valence-electron chi connectivity index (χ1n) is 6.72. The van der Waals surface area contributed by atoms with Gasteiger partial charge in [-0.25, -0.2) is 0 Å². The van der Waals surface area contributed by atoms with Gasteiger partial charge in [-0.15, -0.1) is 0 Å². The molecular weight excluding hydrogens is 298 g/mol. The fourth-order valence-corrected chi connectivity index (χ4v) is 3.47. The average Bonchev–Trinajstić information content (AvgIpc) is 2.73. The molecule has 3 rings (SSSR count). The molecule has 1 fully saturated rings. The number of carbonyl (C=O) groups is 1. The Hall–Kier alpha value is -1.07. The SMILES string of the molecule is O=C(c1cc(Cl)c2c(c1)OCCCO2)N1CCSCC1. The van der Waals surface area contributed by atoms with Crippen LogP contribution in [0.2, 0.25) is 5.02 Å². The molecule has 0 aromatic heterocycles. The average molecular weight is 314 g/mol. The van der Waals surface area contributed by atoms with Gasteiger partial charge in [0.2, 0.25) is 0 Å². The van der Waals surface area contributed by atoms with E-state index in [4.69, 9.17) is 21.1 Å². The number of benzene rings is 1. The van der Waals surface area contributed by atoms with Crippen LogP contribution in [0.15, 0.2) is 12.1 Å². The highest BCUT2D eigenvalue weighted by Gasteiger charge is 2.22. The summed E-state index contributed by atoms with van der Waals surface area (Å²) in [7, 11) is 0. The van der Waals surface area contributed by atoms with Crippen molar-refractivity contribution in [3.8, 4) is 11.5 Å². The Morgan fingerprint density at radius 3 is 2.75 bits per heavy atom. The Bertz CT molecular complexity index is 517. The number of thioether (sulfide) groups is 1. The van der Waals surface area contributed by atoms with Gasteiger partial charge < -0.3 is 14.4 Å². The number of nitrogens with zero attached hydrogens (tertiary/aromatic N) is 1. The van der Waals surface area contributed by atoms with Crippen LogP contribution in [0.3, 0.4) is 0 Å². The summed E-state index contributed by atoms with van der Waals surface area (Å²) in [4.78, 5) is 14.4.